The summed E-state index contributed by atoms with van der Waals surface area (Å²) in [4.78, 5) is 45.1. The van der Waals surface area contributed by atoms with E-state index in [9.17, 15) is 27.6 Å². The van der Waals surface area contributed by atoms with Gasteiger partial charge in [-0.3, -0.25) is 23.5 Å². The van der Waals surface area contributed by atoms with E-state index in [2.05, 4.69) is 36.3 Å². The quantitative estimate of drug-likeness (QED) is 0.135. The van der Waals surface area contributed by atoms with Crippen LogP contribution >= 0.6 is 0 Å². The molecule has 0 aliphatic carbocycles. The Morgan fingerprint density at radius 1 is 1.20 bits per heavy atom. The van der Waals surface area contributed by atoms with E-state index in [0.717, 1.165) is 10.2 Å². The number of rotatable bonds is 12. The molecule has 0 radical (unpaired) electrons. The van der Waals surface area contributed by atoms with Crippen molar-refractivity contribution in [2.24, 2.45) is 7.05 Å². The molecule has 4 N–H and O–H groups in total. The molecule has 1 aliphatic heterocycles. The Bertz CT molecular complexity index is 1750. The highest BCUT2D eigenvalue weighted by atomic mass is 19.4. The van der Waals surface area contributed by atoms with Crippen LogP contribution in [0.15, 0.2) is 43.0 Å². The van der Waals surface area contributed by atoms with Crippen LogP contribution in [-0.2, 0) is 34.0 Å². The van der Waals surface area contributed by atoms with Crippen molar-refractivity contribution in [2.45, 2.75) is 50.9 Å². The number of alkyl halides is 3. The second kappa shape index (κ2) is 13.2. The zero-order valence-electron chi connectivity index (χ0n) is 25.4. The summed E-state index contributed by atoms with van der Waals surface area (Å²) in [5, 5.41) is 15.4. The molecule has 2 amide bonds. The van der Waals surface area contributed by atoms with Gasteiger partial charge in [0, 0.05) is 62.9 Å². The van der Waals surface area contributed by atoms with E-state index in [1.165, 1.54) is 36.2 Å². The standard InChI is InChI=1S/C30H34F3N9O4/c1-4-18-12-19(6-7-20(18)27(44)35-8-9-36-28(45)22-13-29(5-2,16-38-22)46-17-43)39-25-26-37-14-23(42(26)11-10-34-25)21-15-41(3)40-24(21)30(31,32)33/h6-7,10-12,14-15,17,22,38H,4-5,8-9,13,16H2,1-3H3,(H,34,39)(H,35,44)(H,36,45)/t22-,29-/m0/s1. The Kier molecular flexibility index (Phi) is 9.27. The fourth-order valence-electron chi connectivity index (χ4n) is 5.55. The van der Waals surface area contributed by atoms with E-state index in [0.29, 0.717) is 55.0 Å². The maximum Gasteiger partial charge on any atom is 0.435 e. The van der Waals surface area contributed by atoms with Crippen LogP contribution < -0.4 is 21.3 Å². The van der Waals surface area contributed by atoms with Gasteiger partial charge in [-0.25, -0.2) is 9.97 Å². The third-order valence-corrected chi connectivity index (χ3v) is 8.01. The molecule has 244 valence electrons. The molecule has 0 bridgehead atoms. The summed E-state index contributed by atoms with van der Waals surface area (Å²) in [6.45, 7) is 5.01. The third kappa shape index (κ3) is 6.66. The maximum atomic E-state index is 13.6. The lowest BCUT2D eigenvalue weighted by Gasteiger charge is -2.24. The molecule has 3 aromatic heterocycles. The minimum Gasteiger partial charge on any atom is -0.460 e. The Morgan fingerprint density at radius 3 is 2.70 bits per heavy atom. The molecule has 13 nitrogen and oxygen atoms in total. The molecule has 1 saturated heterocycles. The number of hydrogen-bond acceptors (Lipinski definition) is 9. The molecule has 0 saturated carbocycles. The predicted molar refractivity (Wildman–Crippen MR) is 161 cm³/mol. The highest BCUT2D eigenvalue weighted by Gasteiger charge is 2.42. The summed E-state index contributed by atoms with van der Waals surface area (Å²) < 4.78 is 48.7. The van der Waals surface area contributed by atoms with Gasteiger partial charge < -0.3 is 26.0 Å². The number of halogens is 3. The minimum atomic E-state index is -4.64. The number of nitrogens with zero attached hydrogens (tertiary/aromatic N) is 5. The molecule has 1 aromatic carbocycles. The van der Waals surface area contributed by atoms with Crippen molar-refractivity contribution in [3.8, 4) is 11.3 Å². The van der Waals surface area contributed by atoms with Crippen LogP contribution in [0.25, 0.3) is 16.9 Å². The van der Waals surface area contributed by atoms with Crippen molar-refractivity contribution in [3.63, 3.8) is 0 Å². The first-order valence-corrected chi connectivity index (χ1v) is 14.7. The normalized spacial score (nSPS) is 18.0. The van der Waals surface area contributed by atoms with E-state index >= 15 is 0 Å². The average Bonchev–Trinajstić information content (AvgIpc) is 3.76. The summed E-state index contributed by atoms with van der Waals surface area (Å²) in [5.41, 5.74) is 0.506. The van der Waals surface area contributed by atoms with Gasteiger partial charge in [-0.2, -0.15) is 18.3 Å². The SMILES string of the molecule is CCc1cc(Nc2nccn3c(-c4cn(C)nc4C(F)(F)F)cnc23)ccc1C(=O)NCCNC(=O)[C@@H]1C[C@](CC)(OC=O)CN1. The highest BCUT2D eigenvalue weighted by Crippen LogP contribution is 2.36. The van der Waals surface area contributed by atoms with Crippen molar-refractivity contribution in [1.29, 1.82) is 0 Å². The van der Waals surface area contributed by atoms with Crippen LogP contribution in [0.1, 0.15) is 48.3 Å². The fourth-order valence-corrected chi connectivity index (χ4v) is 5.55. The summed E-state index contributed by atoms with van der Waals surface area (Å²) in [5.74, 6) is -0.235. The lowest BCUT2D eigenvalue weighted by Crippen LogP contribution is -2.43. The van der Waals surface area contributed by atoms with E-state index < -0.39 is 23.5 Å². The van der Waals surface area contributed by atoms with Crippen LogP contribution in [0.3, 0.4) is 0 Å². The molecular formula is C30H34F3N9O4. The number of hydrogen-bond donors (Lipinski definition) is 4. The molecule has 0 spiro atoms. The molecular weight excluding hydrogens is 607 g/mol. The number of nitrogens with one attached hydrogen (secondary N) is 4. The monoisotopic (exact) mass is 641 g/mol. The molecule has 1 aliphatic rings. The molecule has 2 atom stereocenters. The van der Waals surface area contributed by atoms with Gasteiger partial charge in [-0.15, -0.1) is 0 Å². The predicted octanol–water partition coefficient (Wildman–Crippen LogP) is 2.98. The topological polar surface area (TPSA) is 157 Å². The molecule has 4 heterocycles. The number of benzene rings is 1. The number of anilines is 2. The van der Waals surface area contributed by atoms with Crippen LogP contribution in [0.4, 0.5) is 24.7 Å². The summed E-state index contributed by atoms with van der Waals surface area (Å²) >= 11 is 0. The van der Waals surface area contributed by atoms with E-state index in [-0.39, 0.29) is 36.2 Å². The molecule has 0 unspecified atom stereocenters. The fraction of sp³-hybridized carbons (Fsp3) is 0.400. The van der Waals surface area contributed by atoms with Gasteiger partial charge in [0.25, 0.3) is 12.4 Å². The number of carbonyl (C=O) groups excluding carboxylic acids is 3. The van der Waals surface area contributed by atoms with E-state index in [1.807, 2.05) is 13.8 Å². The smallest absolute Gasteiger partial charge is 0.435 e. The number of ether oxygens (including phenoxy) is 1. The summed E-state index contributed by atoms with van der Waals surface area (Å²) in [6, 6.07) is 4.66. The van der Waals surface area contributed by atoms with Gasteiger partial charge in [0.2, 0.25) is 5.91 Å². The van der Waals surface area contributed by atoms with Crippen molar-refractivity contribution < 1.29 is 32.3 Å². The zero-order chi connectivity index (χ0) is 33.1. The van der Waals surface area contributed by atoms with Crippen LogP contribution in [0.2, 0.25) is 0 Å². The zero-order valence-corrected chi connectivity index (χ0v) is 25.4. The van der Waals surface area contributed by atoms with E-state index in [4.69, 9.17) is 4.74 Å². The molecule has 16 heteroatoms. The largest absolute Gasteiger partial charge is 0.460 e. The van der Waals surface area contributed by atoms with Crippen molar-refractivity contribution in [3.05, 3.63) is 59.8 Å². The lowest BCUT2D eigenvalue weighted by atomic mass is 9.96. The maximum absolute atomic E-state index is 13.6. The van der Waals surface area contributed by atoms with Crippen molar-refractivity contribution >= 4 is 35.4 Å². The second-order valence-corrected chi connectivity index (χ2v) is 11.0. The Hall–Kier alpha value is -4.99. The van der Waals surface area contributed by atoms with Gasteiger partial charge in [0.05, 0.1) is 23.5 Å². The van der Waals surface area contributed by atoms with Gasteiger partial charge in [0.1, 0.15) is 5.60 Å². The summed E-state index contributed by atoms with van der Waals surface area (Å²) in [6.07, 6.45) is 2.46. The van der Waals surface area contributed by atoms with Gasteiger partial charge in [-0.05, 0) is 36.6 Å². The Labute approximate surface area is 261 Å². The molecule has 4 aromatic rings. The first-order valence-electron chi connectivity index (χ1n) is 14.7. The second-order valence-electron chi connectivity index (χ2n) is 11.0. The van der Waals surface area contributed by atoms with Gasteiger partial charge in [-0.1, -0.05) is 13.8 Å². The Morgan fingerprint density at radius 2 is 1.98 bits per heavy atom. The number of fused-ring (bicyclic) bond motifs is 1. The van der Waals surface area contributed by atoms with Crippen LogP contribution in [0.5, 0.6) is 0 Å². The van der Waals surface area contributed by atoms with Crippen molar-refractivity contribution in [2.75, 3.05) is 25.0 Å². The Balaban J connectivity index is 1.22. The average molecular weight is 642 g/mol. The molecule has 5 rings (SSSR count). The number of imidazole rings is 1. The lowest BCUT2D eigenvalue weighted by molar-refractivity contribution is -0.143. The first kappa shape index (κ1) is 32.4. The number of aryl methyl sites for hydroxylation is 2. The van der Waals surface area contributed by atoms with Gasteiger partial charge >= 0.3 is 6.18 Å². The number of aromatic nitrogens is 5. The molecule has 1 fully saturated rings. The third-order valence-electron chi connectivity index (χ3n) is 8.01. The molecule has 46 heavy (non-hydrogen) atoms. The minimum absolute atomic E-state index is 0.110. The van der Waals surface area contributed by atoms with Gasteiger partial charge in [0.15, 0.2) is 17.2 Å². The van der Waals surface area contributed by atoms with E-state index in [1.54, 1.807) is 18.2 Å². The van der Waals surface area contributed by atoms with Crippen LogP contribution in [-0.4, -0.2) is 73.7 Å². The van der Waals surface area contributed by atoms with Crippen molar-refractivity contribution in [1.82, 2.24) is 40.1 Å². The first-order chi connectivity index (χ1) is 22.0. The number of carbonyl (C=O) groups is 3. The van der Waals surface area contributed by atoms with Crippen LogP contribution in [0, 0.1) is 0 Å². The summed E-state index contributed by atoms with van der Waals surface area (Å²) in [7, 11) is 1.42. The highest BCUT2D eigenvalue weighted by molar-refractivity contribution is 5.96. The number of amides is 2.